The average Bonchev–Trinajstić information content (AvgIpc) is 3.70. The fourth-order valence-corrected chi connectivity index (χ4v) is 5.00. The fraction of sp³-hybridized carbons (Fsp3) is 0. The third-order valence-electron chi connectivity index (χ3n) is 6.87. The molecule has 0 saturated carbocycles. The van der Waals surface area contributed by atoms with E-state index in [1.807, 2.05) is 48.5 Å². The van der Waals surface area contributed by atoms with Crippen LogP contribution in [-0.2, 0) is 17.1 Å². The molecule has 0 amide bonds. The molecular formula is C32H20CuN8. The predicted molar refractivity (Wildman–Crippen MR) is 159 cm³/mol. The van der Waals surface area contributed by atoms with E-state index in [0.717, 1.165) is 21.9 Å². The Labute approximate surface area is 245 Å². The molecule has 8 nitrogen and oxygen atoms in total. The summed E-state index contributed by atoms with van der Waals surface area (Å²) >= 11 is 0. The SMILES string of the molecule is C=CC1=C(C=C)c2nc1nc1[n-]c(nc3nc(nc4[n-]c(n2)c2ccccc42)-c2ccccc2-3)c(C=C)c1C=C.[Cu+2]. The maximum absolute atomic E-state index is 4.90. The molecule has 0 aliphatic carbocycles. The van der Waals surface area contributed by atoms with E-state index in [4.69, 9.17) is 39.9 Å². The Morgan fingerprint density at radius 2 is 0.854 bits per heavy atom. The maximum Gasteiger partial charge on any atom is 2.00 e. The molecule has 8 bridgehead atoms. The molecule has 1 radical (unpaired) electrons. The van der Waals surface area contributed by atoms with Crippen molar-refractivity contribution in [2.24, 2.45) is 0 Å². The number of hydrogen-bond donors (Lipinski definition) is 0. The summed E-state index contributed by atoms with van der Waals surface area (Å²) in [6.45, 7) is 15.9. The van der Waals surface area contributed by atoms with Gasteiger partial charge in [0.15, 0.2) is 0 Å². The average molecular weight is 580 g/mol. The van der Waals surface area contributed by atoms with Crippen molar-refractivity contribution in [1.29, 1.82) is 0 Å². The zero-order chi connectivity index (χ0) is 27.4. The zero-order valence-electron chi connectivity index (χ0n) is 21.6. The van der Waals surface area contributed by atoms with Gasteiger partial charge in [-0.25, -0.2) is 9.97 Å². The molecule has 199 valence electrons. The van der Waals surface area contributed by atoms with Gasteiger partial charge in [-0.15, -0.1) is 0 Å². The number of rotatable bonds is 4. The van der Waals surface area contributed by atoms with Crippen LogP contribution in [0.15, 0.2) is 87.0 Å². The van der Waals surface area contributed by atoms with Gasteiger partial charge in [0.1, 0.15) is 0 Å². The monoisotopic (exact) mass is 579 g/mol. The number of benzene rings is 2. The van der Waals surface area contributed by atoms with E-state index < -0.39 is 0 Å². The summed E-state index contributed by atoms with van der Waals surface area (Å²) in [5.74, 6) is 1.81. The number of aromatic nitrogens is 8. The van der Waals surface area contributed by atoms with Gasteiger partial charge in [0, 0.05) is 44.9 Å². The Bertz CT molecular complexity index is 2150. The van der Waals surface area contributed by atoms with Crippen molar-refractivity contribution in [1.82, 2.24) is 39.9 Å². The van der Waals surface area contributed by atoms with Crippen molar-refractivity contribution >= 4 is 56.7 Å². The molecule has 3 aromatic heterocycles. The van der Waals surface area contributed by atoms with Crippen LogP contribution in [0.25, 0.3) is 79.4 Å². The second-order valence-electron chi connectivity index (χ2n) is 9.05. The molecule has 2 aliphatic rings. The Balaban J connectivity index is 0.00000302. The van der Waals surface area contributed by atoms with Crippen LogP contribution in [0.2, 0.25) is 0 Å². The standard InChI is InChI=1S/C32H20N8.Cu/c1-5-17-19(7-3)27-34-25(17)33-26-18(6-2)20(8-4)28(35-26)37-30-22-14-10-12-16-24(22)32(39-30)40-31-23-15-11-9-13-21(23)29(36-27)38-31;/h5-16H,1-4H2;/q-2;+2. The maximum atomic E-state index is 4.90. The third kappa shape index (κ3) is 3.98. The van der Waals surface area contributed by atoms with Crippen LogP contribution in [0.4, 0.5) is 0 Å². The van der Waals surface area contributed by atoms with Crippen LogP contribution in [0.1, 0.15) is 22.8 Å². The van der Waals surface area contributed by atoms with Gasteiger partial charge in [0.05, 0.1) is 23.3 Å². The van der Waals surface area contributed by atoms with Crippen LogP contribution in [-0.4, -0.2) is 29.9 Å². The molecule has 0 spiro atoms. The molecule has 0 N–H and O–H groups in total. The minimum Gasteiger partial charge on any atom is -0.357 e. The summed E-state index contributed by atoms with van der Waals surface area (Å²) in [7, 11) is 0. The minimum atomic E-state index is 0. The van der Waals surface area contributed by atoms with Crippen molar-refractivity contribution < 1.29 is 17.1 Å². The Morgan fingerprint density at radius 1 is 0.463 bits per heavy atom. The molecule has 2 aliphatic heterocycles. The van der Waals surface area contributed by atoms with Crippen molar-refractivity contribution in [2.45, 2.75) is 0 Å². The van der Waals surface area contributed by atoms with Crippen LogP contribution in [0.5, 0.6) is 0 Å². The minimum absolute atomic E-state index is 0. The molecule has 2 aromatic carbocycles. The van der Waals surface area contributed by atoms with Gasteiger partial charge in [-0.05, 0) is 21.9 Å². The summed E-state index contributed by atoms with van der Waals surface area (Å²) in [6.07, 6.45) is 6.75. The van der Waals surface area contributed by atoms with E-state index in [2.05, 4.69) is 26.3 Å². The molecule has 0 atom stereocenters. The molecular weight excluding hydrogens is 560 g/mol. The van der Waals surface area contributed by atoms with Crippen LogP contribution in [0, 0.1) is 0 Å². The molecule has 41 heavy (non-hydrogen) atoms. The molecule has 0 unspecified atom stereocenters. The number of allylic oxidation sites excluding steroid dienone is 4. The molecule has 9 heteroatoms. The largest absolute Gasteiger partial charge is 2.00 e. The molecule has 5 aromatic rings. The first-order valence-corrected chi connectivity index (χ1v) is 12.5. The van der Waals surface area contributed by atoms with Crippen LogP contribution >= 0.6 is 0 Å². The third-order valence-corrected chi connectivity index (χ3v) is 6.87. The Morgan fingerprint density at radius 3 is 1.34 bits per heavy atom. The Hall–Kier alpha value is -5.24. The summed E-state index contributed by atoms with van der Waals surface area (Å²) in [5.41, 5.74) is 6.26. The zero-order valence-corrected chi connectivity index (χ0v) is 22.6. The Kier molecular flexibility index (Phi) is 6.38. The van der Waals surface area contributed by atoms with Crippen molar-refractivity contribution in [3.8, 4) is 22.8 Å². The van der Waals surface area contributed by atoms with E-state index in [1.165, 1.54) is 0 Å². The van der Waals surface area contributed by atoms with Gasteiger partial charge in [-0.3, -0.25) is 0 Å². The second kappa shape index (κ2) is 10.1. The smallest absolute Gasteiger partial charge is 0.357 e. The molecule has 7 rings (SSSR count). The van der Waals surface area contributed by atoms with E-state index in [1.54, 1.807) is 24.3 Å². The molecule has 0 fully saturated rings. The quantitative estimate of drug-likeness (QED) is 0.227. The number of hydrogen-bond acceptors (Lipinski definition) is 6. The van der Waals surface area contributed by atoms with Crippen molar-refractivity contribution in [2.75, 3.05) is 0 Å². The summed E-state index contributed by atoms with van der Waals surface area (Å²) < 4.78 is 0. The normalized spacial score (nSPS) is 12.0. The van der Waals surface area contributed by atoms with Gasteiger partial charge in [0.2, 0.25) is 0 Å². The van der Waals surface area contributed by atoms with E-state index in [-0.39, 0.29) is 17.1 Å². The topological polar surface area (TPSA) is 106 Å². The fourth-order valence-electron chi connectivity index (χ4n) is 5.00. The first-order valence-electron chi connectivity index (χ1n) is 12.5. The predicted octanol–water partition coefficient (Wildman–Crippen LogP) is 6.21. The van der Waals surface area contributed by atoms with E-state index >= 15 is 0 Å². The van der Waals surface area contributed by atoms with E-state index in [0.29, 0.717) is 68.2 Å². The van der Waals surface area contributed by atoms with Crippen molar-refractivity contribution in [3.05, 3.63) is 110 Å². The summed E-state index contributed by atoms with van der Waals surface area (Å²) in [4.78, 5) is 38.6. The number of fused-ring (bicyclic) bond motifs is 14. The molecule has 0 saturated heterocycles. The van der Waals surface area contributed by atoms with Gasteiger partial charge in [-0.1, -0.05) is 99.2 Å². The number of nitrogens with zero attached hydrogens (tertiary/aromatic N) is 8. The van der Waals surface area contributed by atoms with Gasteiger partial charge < -0.3 is 29.9 Å². The van der Waals surface area contributed by atoms with Gasteiger partial charge in [0.25, 0.3) is 0 Å². The van der Waals surface area contributed by atoms with E-state index in [9.17, 15) is 0 Å². The summed E-state index contributed by atoms with van der Waals surface area (Å²) in [6, 6.07) is 15.6. The second-order valence-corrected chi connectivity index (χ2v) is 9.05. The van der Waals surface area contributed by atoms with Crippen LogP contribution in [0.3, 0.4) is 0 Å². The molecule has 5 heterocycles. The van der Waals surface area contributed by atoms with Crippen molar-refractivity contribution in [3.63, 3.8) is 0 Å². The first kappa shape index (κ1) is 26.0. The van der Waals surface area contributed by atoms with Gasteiger partial charge in [-0.2, -0.15) is 0 Å². The van der Waals surface area contributed by atoms with Crippen LogP contribution < -0.4 is 9.97 Å². The first-order chi connectivity index (χ1) is 19.6. The van der Waals surface area contributed by atoms with Gasteiger partial charge >= 0.3 is 17.1 Å². The summed E-state index contributed by atoms with van der Waals surface area (Å²) in [5, 5.41) is 1.69.